The Balaban J connectivity index is 1.61. The average Bonchev–Trinajstić information content (AvgIpc) is 2.65. The van der Waals surface area contributed by atoms with Gasteiger partial charge in [-0.2, -0.15) is 0 Å². The number of carbonyl (C=O) groups excluding carboxylic acids is 1. The van der Waals surface area contributed by atoms with Crippen LogP contribution in [0.2, 0.25) is 0 Å². The van der Waals surface area contributed by atoms with Crippen LogP contribution in [0.25, 0.3) is 0 Å². The number of rotatable bonds is 6. The van der Waals surface area contributed by atoms with E-state index >= 15 is 0 Å². The van der Waals surface area contributed by atoms with E-state index in [1.807, 2.05) is 11.0 Å². The highest BCUT2D eigenvalue weighted by molar-refractivity contribution is 5.78. The quantitative estimate of drug-likeness (QED) is 0.796. The Hall–Kier alpha value is -2.38. The predicted molar refractivity (Wildman–Crippen MR) is 101 cm³/mol. The van der Waals surface area contributed by atoms with Gasteiger partial charge < -0.3 is 10.6 Å². The Kier molecular flexibility index (Phi) is 6.70. The summed E-state index contributed by atoms with van der Waals surface area (Å²) in [6.07, 6.45) is 0.0686. The smallest absolute Gasteiger partial charge is 0.234 e. The summed E-state index contributed by atoms with van der Waals surface area (Å²) in [4.78, 5) is 14.5. The van der Waals surface area contributed by atoms with Gasteiger partial charge in [-0.05, 0) is 43.2 Å². The van der Waals surface area contributed by atoms with Crippen molar-refractivity contribution in [2.45, 2.75) is 25.4 Å². The zero-order chi connectivity index (χ0) is 20.1. The van der Waals surface area contributed by atoms with Gasteiger partial charge in [-0.25, -0.2) is 13.2 Å². The van der Waals surface area contributed by atoms with Gasteiger partial charge in [-0.15, -0.1) is 0 Å². The number of halogens is 3. The second-order valence-corrected chi connectivity index (χ2v) is 7.12. The fourth-order valence-corrected chi connectivity index (χ4v) is 3.57. The van der Waals surface area contributed by atoms with Crippen LogP contribution >= 0.6 is 0 Å². The molecule has 4 nitrogen and oxygen atoms in total. The first-order chi connectivity index (χ1) is 13.4. The van der Waals surface area contributed by atoms with E-state index in [1.165, 1.54) is 30.3 Å². The normalized spacial score (nSPS) is 18.6. The summed E-state index contributed by atoms with van der Waals surface area (Å²) in [7, 11) is 0. The van der Waals surface area contributed by atoms with E-state index in [1.54, 1.807) is 13.0 Å². The first-order valence-electron chi connectivity index (χ1n) is 9.36. The third-order valence-corrected chi connectivity index (χ3v) is 4.91. The van der Waals surface area contributed by atoms with E-state index in [0.717, 1.165) is 12.1 Å². The minimum atomic E-state index is -0.616. The van der Waals surface area contributed by atoms with Gasteiger partial charge in [0.25, 0.3) is 0 Å². The van der Waals surface area contributed by atoms with E-state index in [2.05, 4.69) is 10.6 Å². The highest BCUT2D eigenvalue weighted by atomic mass is 19.1. The minimum Gasteiger partial charge on any atom is -0.352 e. The number of hydrogen-bond donors (Lipinski definition) is 2. The van der Waals surface area contributed by atoms with Crippen molar-refractivity contribution in [3.63, 3.8) is 0 Å². The molecule has 3 rings (SSSR count). The van der Waals surface area contributed by atoms with Crippen LogP contribution in [0.3, 0.4) is 0 Å². The maximum atomic E-state index is 13.8. The van der Waals surface area contributed by atoms with Crippen LogP contribution in [0.4, 0.5) is 13.2 Å². The molecule has 1 aliphatic heterocycles. The van der Waals surface area contributed by atoms with E-state index in [-0.39, 0.29) is 36.3 Å². The van der Waals surface area contributed by atoms with Crippen molar-refractivity contribution in [1.82, 2.24) is 15.5 Å². The van der Waals surface area contributed by atoms with Gasteiger partial charge in [0.15, 0.2) is 0 Å². The Bertz CT molecular complexity index is 810. The van der Waals surface area contributed by atoms with Crippen LogP contribution in [-0.2, 0) is 11.2 Å². The van der Waals surface area contributed by atoms with Crippen LogP contribution in [0.1, 0.15) is 24.1 Å². The second kappa shape index (κ2) is 9.21. The number of amides is 1. The molecule has 1 amide bonds. The van der Waals surface area contributed by atoms with Crippen LogP contribution in [0.15, 0.2) is 42.5 Å². The summed E-state index contributed by atoms with van der Waals surface area (Å²) in [5.74, 6) is -1.77. The van der Waals surface area contributed by atoms with Gasteiger partial charge in [0, 0.05) is 37.3 Å². The molecular formula is C21H24F3N3O. The number of hydrogen-bond acceptors (Lipinski definition) is 3. The van der Waals surface area contributed by atoms with Gasteiger partial charge in [0.1, 0.15) is 17.5 Å². The Morgan fingerprint density at radius 3 is 2.64 bits per heavy atom. The van der Waals surface area contributed by atoms with Crippen molar-refractivity contribution < 1.29 is 18.0 Å². The zero-order valence-corrected chi connectivity index (χ0v) is 15.7. The summed E-state index contributed by atoms with van der Waals surface area (Å²) in [6, 6.07) is 9.55. The topological polar surface area (TPSA) is 44.4 Å². The standard InChI is InChI=1S/C21H24F3N3O/c1-14(10-17-18(23)6-3-7-19(17)24)26-21(28)13-27-9-8-25-12-20(27)15-4-2-5-16(22)11-15/h2-7,11,14,20,25H,8-10,12-13H2,1H3,(H,26,28). The molecule has 0 radical (unpaired) electrons. The molecule has 2 aromatic carbocycles. The molecule has 2 unspecified atom stereocenters. The van der Waals surface area contributed by atoms with Crippen molar-refractivity contribution >= 4 is 5.91 Å². The fourth-order valence-electron chi connectivity index (χ4n) is 3.57. The summed E-state index contributed by atoms with van der Waals surface area (Å²) in [5.41, 5.74) is 0.775. The van der Waals surface area contributed by atoms with E-state index in [4.69, 9.17) is 0 Å². The molecule has 0 spiro atoms. The lowest BCUT2D eigenvalue weighted by Crippen LogP contribution is -2.50. The lowest BCUT2D eigenvalue weighted by molar-refractivity contribution is -0.123. The largest absolute Gasteiger partial charge is 0.352 e. The molecule has 28 heavy (non-hydrogen) atoms. The first-order valence-corrected chi connectivity index (χ1v) is 9.36. The van der Waals surface area contributed by atoms with Gasteiger partial charge >= 0.3 is 0 Å². The lowest BCUT2D eigenvalue weighted by Gasteiger charge is -2.36. The molecule has 0 bridgehead atoms. The van der Waals surface area contributed by atoms with Crippen molar-refractivity contribution in [2.24, 2.45) is 0 Å². The third-order valence-electron chi connectivity index (χ3n) is 4.91. The maximum absolute atomic E-state index is 13.8. The molecule has 1 saturated heterocycles. The first kappa shape index (κ1) is 20.4. The summed E-state index contributed by atoms with van der Waals surface area (Å²) >= 11 is 0. The number of benzene rings is 2. The van der Waals surface area contributed by atoms with E-state index < -0.39 is 17.7 Å². The lowest BCUT2D eigenvalue weighted by atomic mass is 10.0. The number of nitrogens with one attached hydrogen (secondary N) is 2. The molecule has 0 saturated carbocycles. The molecule has 1 aliphatic rings. The fraction of sp³-hybridized carbons (Fsp3) is 0.381. The molecule has 2 aromatic rings. The second-order valence-electron chi connectivity index (χ2n) is 7.12. The molecule has 7 heteroatoms. The molecule has 2 N–H and O–H groups in total. The molecular weight excluding hydrogens is 367 g/mol. The molecule has 2 atom stereocenters. The SMILES string of the molecule is CC(Cc1c(F)cccc1F)NC(=O)CN1CCNCC1c1cccc(F)c1. The summed E-state index contributed by atoms with van der Waals surface area (Å²) in [5, 5.41) is 6.07. The van der Waals surface area contributed by atoms with Crippen molar-refractivity contribution in [3.8, 4) is 0 Å². The van der Waals surface area contributed by atoms with Crippen LogP contribution in [0.5, 0.6) is 0 Å². The van der Waals surface area contributed by atoms with Gasteiger partial charge in [-0.1, -0.05) is 18.2 Å². The van der Waals surface area contributed by atoms with Crippen LogP contribution in [0, 0.1) is 17.5 Å². The number of nitrogens with zero attached hydrogens (tertiary/aromatic N) is 1. The number of piperazine rings is 1. The average molecular weight is 391 g/mol. The van der Waals surface area contributed by atoms with Gasteiger partial charge in [0.2, 0.25) is 5.91 Å². The molecule has 150 valence electrons. The van der Waals surface area contributed by atoms with Crippen molar-refractivity contribution in [1.29, 1.82) is 0 Å². The number of carbonyl (C=O) groups is 1. The van der Waals surface area contributed by atoms with Gasteiger partial charge in [0.05, 0.1) is 6.54 Å². The Morgan fingerprint density at radius 2 is 1.93 bits per heavy atom. The van der Waals surface area contributed by atoms with Gasteiger partial charge in [-0.3, -0.25) is 9.69 Å². The molecule has 1 fully saturated rings. The van der Waals surface area contributed by atoms with Crippen molar-refractivity contribution in [2.75, 3.05) is 26.2 Å². The van der Waals surface area contributed by atoms with Crippen LogP contribution < -0.4 is 10.6 Å². The van der Waals surface area contributed by atoms with E-state index in [9.17, 15) is 18.0 Å². The van der Waals surface area contributed by atoms with Crippen molar-refractivity contribution in [3.05, 3.63) is 71.0 Å². The Labute approximate surface area is 162 Å². The van der Waals surface area contributed by atoms with E-state index in [0.29, 0.717) is 13.1 Å². The Morgan fingerprint density at radius 1 is 1.21 bits per heavy atom. The molecule has 0 aliphatic carbocycles. The van der Waals surface area contributed by atoms with Crippen LogP contribution in [-0.4, -0.2) is 43.0 Å². The summed E-state index contributed by atoms with van der Waals surface area (Å²) < 4.78 is 41.2. The highest BCUT2D eigenvalue weighted by Crippen LogP contribution is 2.22. The molecule has 0 aromatic heterocycles. The predicted octanol–water partition coefficient (Wildman–Crippen LogP) is 2.80. The zero-order valence-electron chi connectivity index (χ0n) is 15.7. The summed E-state index contributed by atoms with van der Waals surface area (Å²) in [6.45, 7) is 3.84. The monoisotopic (exact) mass is 391 g/mol. The highest BCUT2D eigenvalue weighted by Gasteiger charge is 2.26. The minimum absolute atomic E-state index is 0.0323. The third kappa shape index (κ3) is 5.11. The maximum Gasteiger partial charge on any atom is 0.234 e. The molecule has 1 heterocycles.